The molecule has 3 aromatic carbocycles. The zero-order valence-electron chi connectivity index (χ0n) is 22.5. The molecular weight excluding hydrogens is 464 g/mol. The summed E-state index contributed by atoms with van der Waals surface area (Å²) in [6.07, 6.45) is 1.35. The van der Waals surface area contributed by atoms with E-state index in [0.29, 0.717) is 35.9 Å². The van der Waals surface area contributed by atoms with Gasteiger partial charge < -0.3 is 14.6 Å². The Morgan fingerprint density at radius 2 is 1.76 bits per heavy atom. The van der Waals surface area contributed by atoms with E-state index in [1.54, 1.807) is 26.0 Å². The van der Waals surface area contributed by atoms with E-state index in [4.69, 9.17) is 9.47 Å². The summed E-state index contributed by atoms with van der Waals surface area (Å²) in [6.45, 7) is 10.7. The van der Waals surface area contributed by atoms with Gasteiger partial charge in [-0.05, 0) is 60.9 Å². The largest absolute Gasteiger partial charge is 0.507 e. The van der Waals surface area contributed by atoms with Crippen molar-refractivity contribution in [3.05, 3.63) is 82.9 Å². The molecule has 37 heavy (non-hydrogen) atoms. The fraction of sp³-hybridized carbons (Fsp3) is 0.387. The third-order valence-electron chi connectivity index (χ3n) is 7.62. The van der Waals surface area contributed by atoms with Gasteiger partial charge in [-0.2, -0.15) is 5.43 Å². The molecule has 196 valence electrons. The summed E-state index contributed by atoms with van der Waals surface area (Å²) in [7, 11) is 0. The van der Waals surface area contributed by atoms with Crippen LogP contribution < -0.4 is 20.3 Å². The zero-order valence-corrected chi connectivity index (χ0v) is 22.5. The highest BCUT2D eigenvalue weighted by molar-refractivity contribution is 5.99. The van der Waals surface area contributed by atoms with Gasteiger partial charge in [-0.3, -0.25) is 10.2 Å². The lowest BCUT2D eigenvalue weighted by molar-refractivity contribution is -0.733. The number of phenols is 1. The van der Waals surface area contributed by atoms with Crippen molar-refractivity contribution >= 4 is 5.78 Å². The van der Waals surface area contributed by atoms with Gasteiger partial charge >= 0.3 is 0 Å². The Morgan fingerprint density at radius 1 is 1.03 bits per heavy atom. The van der Waals surface area contributed by atoms with Crippen LogP contribution in [0.5, 0.6) is 23.0 Å². The molecule has 0 heterocycles. The fourth-order valence-electron chi connectivity index (χ4n) is 4.68. The number of phenolic OH excluding ortho intramolecular Hbond substituents is 1. The van der Waals surface area contributed by atoms with Crippen molar-refractivity contribution in [2.75, 3.05) is 0 Å². The lowest BCUT2D eigenvalue weighted by atomic mass is 10.0. The number of carbonyl (C=O) groups excluding carboxylic acids is 1. The van der Waals surface area contributed by atoms with Crippen LogP contribution in [0.15, 0.2) is 60.7 Å². The number of aromatic hydroxyl groups is 1. The van der Waals surface area contributed by atoms with E-state index >= 15 is 0 Å². The third kappa shape index (κ3) is 6.32. The number of ketones is 1. The van der Waals surface area contributed by atoms with Crippen LogP contribution in [-0.4, -0.2) is 16.9 Å². The lowest BCUT2D eigenvalue weighted by Gasteiger charge is -2.17. The Kier molecular flexibility index (Phi) is 8.52. The van der Waals surface area contributed by atoms with Crippen LogP contribution in [0.3, 0.4) is 0 Å². The first-order valence-electron chi connectivity index (χ1n) is 13.3. The molecule has 0 saturated heterocycles. The van der Waals surface area contributed by atoms with Gasteiger partial charge in [-0.25, -0.2) is 0 Å². The number of benzene rings is 3. The van der Waals surface area contributed by atoms with Gasteiger partial charge in [0, 0.05) is 23.8 Å². The molecule has 6 nitrogen and oxygen atoms in total. The third-order valence-corrected chi connectivity index (χ3v) is 7.62. The first-order chi connectivity index (χ1) is 17.8. The van der Waals surface area contributed by atoms with Crippen LogP contribution in [0.1, 0.15) is 73.6 Å². The topological polar surface area (TPSA) is 84.4 Å². The van der Waals surface area contributed by atoms with Crippen molar-refractivity contribution in [1.82, 2.24) is 5.43 Å². The summed E-state index contributed by atoms with van der Waals surface area (Å²) in [5.74, 6) is 3.56. The maximum atomic E-state index is 12.0. The van der Waals surface area contributed by atoms with Crippen LogP contribution in [0.2, 0.25) is 0 Å². The Bertz CT molecular complexity index is 1220. The van der Waals surface area contributed by atoms with Crippen molar-refractivity contribution < 1.29 is 24.8 Å². The smallest absolute Gasteiger partial charge is 0.166 e. The van der Waals surface area contributed by atoms with Crippen LogP contribution in [0, 0.1) is 18.8 Å². The second-order valence-corrected chi connectivity index (χ2v) is 10.1. The molecule has 0 aliphatic heterocycles. The minimum Gasteiger partial charge on any atom is -0.507 e. The molecule has 4 N–H and O–H groups in total. The Morgan fingerprint density at radius 3 is 2.41 bits per heavy atom. The van der Waals surface area contributed by atoms with E-state index in [1.165, 1.54) is 5.56 Å². The maximum absolute atomic E-state index is 12.0. The molecule has 3 unspecified atom stereocenters. The standard InChI is InChI=1S/C31H38N2O4/c1-6-27(32-33-30-19(3)20(30)4)23-9-8-10-25(17-23)37-24-13-11-22(12-14-24)18-36-29-16-15-26(28(34)7-2)31(35)21(29)5/h8-17,19-20,27,30,32-33,35H,6-7,18H2,1-5H3/p+1. The van der Waals surface area contributed by atoms with Gasteiger partial charge in [0.1, 0.15) is 35.6 Å². The number of quaternary nitrogens is 1. The minimum absolute atomic E-state index is 0.00890. The van der Waals surface area contributed by atoms with Crippen LogP contribution >= 0.6 is 0 Å². The summed E-state index contributed by atoms with van der Waals surface area (Å²) in [6, 6.07) is 20.3. The minimum atomic E-state index is -0.0874. The highest BCUT2D eigenvalue weighted by atomic mass is 16.5. The summed E-state index contributed by atoms with van der Waals surface area (Å²) in [4.78, 5) is 12.0. The molecule has 4 rings (SSSR count). The highest BCUT2D eigenvalue weighted by Crippen LogP contribution is 2.35. The second-order valence-electron chi connectivity index (χ2n) is 10.1. The van der Waals surface area contributed by atoms with Crippen molar-refractivity contribution in [2.45, 2.75) is 66.2 Å². The number of Topliss-reactive ketones (excluding diaryl/α,β-unsaturated/α-hetero) is 1. The van der Waals surface area contributed by atoms with E-state index in [1.807, 2.05) is 36.4 Å². The molecule has 0 spiro atoms. The van der Waals surface area contributed by atoms with Gasteiger partial charge in [0.25, 0.3) is 0 Å². The second kappa shape index (κ2) is 11.8. The number of carbonyl (C=O) groups is 1. The number of hydrogen-bond donors (Lipinski definition) is 3. The van der Waals surface area contributed by atoms with Gasteiger partial charge in [0.15, 0.2) is 5.78 Å². The number of rotatable bonds is 12. The number of ether oxygens (including phenoxy) is 2. The normalized spacial score (nSPS) is 19.3. The molecule has 6 heteroatoms. The van der Waals surface area contributed by atoms with E-state index in [2.05, 4.69) is 43.8 Å². The fourth-order valence-corrected chi connectivity index (χ4v) is 4.68. The number of nitrogens with one attached hydrogen (secondary N) is 1. The van der Waals surface area contributed by atoms with Crippen LogP contribution in [-0.2, 0) is 6.61 Å². The quantitative estimate of drug-likeness (QED) is 0.164. The average molecular weight is 504 g/mol. The Labute approximate surface area is 220 Å². The SMILES string of the molecule is CCC(=O)c1ccc(OCc2ccc(Oc3cccc(C(CC)N[NH2+]C4C(C)C4C)c3)cc2)c(C)c1O. The Hall–Kier alpha value is -3.35. The molecule has 1 saturated carbocycles. The molecule has 3 aromatic rings. The van der Waals surface area contributed by atoms with E-state index in [-0.39, 0.29) is 17.6 Å². The molecule has 3 atom stereocenters. The first-order valence-corrected chi connectivity index (χ1v) is 13.3. The summed E-state index contributed by atoms with van der Waals surface area (Å²) in [5, 5.41) is 10.4. The van der Waals surface area contributed by atoms with Gasteiger partial charge in [-0.1, -0.05) is 52.0 Å². The van der Waals surface area contributed by atoms with E-state index in [9.17, 15) is 9.90 Å². The van der Waals surface area contributed by atoms with E-state index < -0.39 is 0 Å². The van der Waals surface area contributed by atoms with Crippen molar-refractivity contribution in [3.63, 3.8) is 0 Å². The van der Waals surface area contributed by atoms with Crippen molar-refractivity contribution in [2.24, 2.45) is 11.8 Å². The predicted octanol–water partition coefficient (Wildman–Crippen LogP) is 5.84. The summed E-state index contributed by atoms with van der Waals surface area (Å²) in [5.41, 5.74) is 9.00. The monoisotopic (exact) mass is 503 g/mol. The molecule has 0 aromatic heterocycles. The highest BCUT2D eigenvalue weighted by Gasteiger charge is 2.47. The number of hydrogen-bond acceptors (Lipinski definition) is 5. The maximum Gasteiger partial charge on any atom is 0.166 e. The average Bonchev–Trinajstić information content (AvgIpc) is 3.49. The van der Waals surface area contributed by atoms with Crippen molar-refractivity contribution in [1.29, 1.82) is 0 Å². The molecular formula is C31H39N2O4+. The van der Waals surface area contributed by atoms with Crippen LogP contribution in [0.25, 0.3) is 0 Å². The molecule has 0 bridgehead atoms. The first kappa shape index (κ1) is 26.7. The lowest BCUT2D eigenvalue weighted by Crippen LogP contribution is -2.95. The molecule has 1 aliphatic carbocycles. The Balaban J connectivity index is 1.34. The van der Waals surface area contributed by atoms with Gasteiger partial charge in [0.2, 0.25) is 0 Å². The van der Waals surface area contributed by atoms with Gasteiger partial charge in [0.05, 0.1) is 11.6 Å². The summed E-state index contributed by atoms with van der Waals surface area (Å²) >= 11 is 0. The van der Waals surface area contributed by atoms with Crippen LogP contribution in [0.4, 0.5) is 0 Å². The molecule has 0 radical (unpaired) electrons. The molecule has 1 aliphatic rings. The molecule has 1 fully saturated rings. The van der Waals surface area contributed by atoms with Crippen molar-refractivity contribution in [3.8, 4) is 23.0 Å². The predicted molar refractivity (Wildman–Crippen MR) is 145 cm³/mol. The number of nitrogens with two attached hydrogens (primary N) is 1. The zero-order chi connectivity index (χ0) is 26.5. The molecule has 0 amide bonds. The summed E-state index contributed by atoms with van der Waals surface area (Å²) < 4.78 is 12.1. The van der Waals surface area contributed by atoms with Gasteiger partial charge in [-0.15, -0.1) is 0 Å². The van der Waals surface area contributed by atoms with E-state index in [0.717, 1.165) is 35.3 Å².